The quantitative estimate of drug-likeness (QED) is 0.321. The molecular weight excluding hydrogens is 456 g/mol. The van der Waals surface area contributed by atoms with Gasteiger partial charge in [0.05, 0.1) is 0 Å². The van der Waals surface area contributed by atoms with Gasteiger partial charge in [-0.15, -0.1) is 0 Å². The Kier molecular flexibility index (Phi) is 6.28. The number of aryl methyl sites for hydroxylation is 1. The van der Waals surface area contributed by atoms with Crippen LogP contribution < -0.4 is 0 Å². The molecule has 0 bridgehead atoms. The van der Waals surface area contributed by atoms with Crippen LogP contribution in [-0.4, -0.2) is 0 Å². The van der Waals surface area contributed by atoms with Crippen LogP contribution in [0.5, 0.6) is 0 Å². The molecule has 3 aromatic rings. The van der Waals surface area contributed by atoms with Gasteiger partial charge in [0.1, 0.15) is 0 Å². The lowest BCUT2D eigenvalue weighted by Gasteiger charge is -2.25. The van der Waals surface area contributed by atoms with Crippen LogP contribution in [-0.2, 0) is 6.42 Å². The normalized spacial score (nSPS) is 20.5. The second-order valence-electron chi connectivity index (χ2n) is 11.2. The first-order chi connectivity index (χ1) is 18.5. The van der Waals surface area contributed by atoms with Crippen molar-refractivity contribution in [3.05, 3.63) is 160 Å². The number of hydrogen-bond donors (Lipinski definition) is 0. The Morgan fingerprint density at radius 2 is 1.68 bits per heavy atom. The summed E-state index contributed by atoms with van der Waals surface area (Å²) in [5, 5.41) is 0. The molecule has 0 fully saturated rings. The zero-order valence-electron chi connectivity index (χ0n) is 23.0. The van der Waals surface area contributed by atoms with Crippen LogP contribution in [0.25, 0.3) is 16.7 Å². The third-order valence-corrected chi connectivity index (χ3v) is 8.79. The Labute approximate surface area is 228 Å². The summed E-state index contributed by atoms with van der Waals surface area (Å²) >= 11 is 0. The van der Waals surface area contributed by atoms with E-state index in [2.05, 4.69) is 137 Å². The fourth-order valence-electron chi connectivity index (χ4n) is 6.34. The van der Waals surface area contributed by atoms with Gasteiger partial charge in [0, 0.05) is 5.92 Å². The van der Waals surface area contributed by atoms with E-state index < -0.39 is 0 Å². The fraction of sp³-hybridized carbons (Fsp3) is 0.211. The van der Waals surface area contributed by atoms with Crippen LogP contribution in [0, 0.1) is 12.8 Å². The average Bonchev–Trinajstić information content (AvgIpc) is 3.18. The highest BCUT2D eigenvalue weighted by atomic mass is 14.4. The van der Waals surface area contributed by atoms with Gasteiger partial charge < -0.3 is 0 Å². The van der Waals surface area contributed by atoms with Gasteiger partial charge in [-0.05, 0) is 87.8 Å². The third-order valence-electron chi connectivity index (χ3n) is 8.79. The lowest BCUT2D eigenvalue weighted by atomic mass is 9.79. The van der Waals surface area contributed by atoms with Gasteiger partial charge in [0.25, 0.3) is 0 Å². The summed E-state index contributed by atoms with van der Waals surface area (Å²) in [4.78, 5) is 0. The summed E-state index contributed by atoms with van der Waals surface area (Å²) in [6.07, 6.45) is 14.7. The predicted molar refractivity (Wildman–Crippen MR) is 164 cm³/mol. The summed E-state index contributed by atoms with van der Waals surface area (Å²) < 4.78 is 0. The molecule has 0 heterocycles. The summed E-state index contributed by atoms with van der Waals surface area (Å²) in [6.45, 7) is 13.2. The molecule has 3 aliphatic carbocycles. The molecule has 188 valence electrons. The summed E-state index contributed by atoms with van der Waals surface area (Å²) in [6, 6.07) is 24.9. The van der Waals surface area contributed by atoms with Crippen LogP contribution in [0.2, 0.25) is 0 Å². The molecule has 3 aromatic carbocycles. The van der Waals surface area contributed by atoms with Gasteiger partial charge in [0.2, 0.25) is 0 Å². The molecule has 6 rings (SSSR count). The third kappa shape index (κ3) is 4.09. The minimum absolute atomic E-state index is 0.316. The maximum Gasteiger partial charge on any atom is 0.0168 e. The van der Waals surface area contributed by atoms with Crippen molar-refractivity contribution < 1.29 is 0 Å². The molecule has 0 heteroatoms. The molecule has 2 unspecified atom stereocenters. The van der Waals surface area contributed by atoms with E-state index in [1.165, 1.54) is 66.8 Å². The van der Waals surface area contributed by atoms with Crippen molar-refractivity contribution in [3.63, 3.8) is 0 Å². The summed E-state index contributed by atoms with van der Waals surface area (Å²) in [7, 11) is 0. The second-order valence-corrected chi connectivity index (χ2v) is 11.2. The first kappa shape index (κ1) is 24.4. The molecule has 0 amide bonds. The molecule has 0 saturated heterocycles. The van der Waals surface area contributed by atoms with Crippen LogP contribution in [0.4, 0.5) is 0 Å². The van der Waals surface area contributed by atoms with Crippen molar-refractivity contribution in [3.8, 4) is 0 Å². The van der Waals surface area contributed by atoms with Crippen LogP contribution in [0.3, 0.4) is 0 Å². The number of rotatable bonds is 6. The molecule has 3 aliphatic rings. The minimum atomic E-state index is 0.316. The smallest absolute Gasteiger partial charge is 0.0168 e. The van der Waals surface area contributed by atoms with Gasteiger partial charge in [-0.3, -0.25) is 0 Å². The standard InChI is InChI=1S/C38H36/c1-6-30-31-11-7-8-12-35(31)38(27(5)29-18-14-24(2)15-19-29)34(30)13-9-10-28-17-21-33-36-22-26(4)25(3)16-20-32(36)37(33)23-28/h6-9,11-23,25,27,38H,1,10H2,2-5H3/b13-9-/t25?,27?,38-/m0/s1. The number of hydrogen-bond acceptors (Lipinski definition) is 0. The maximum absolute atomic E-state index is 4.21. The Bertz CT molecular complexity index is 1580. The second kappa shape index (κ2) is 9.76. The molecule has 0 spiro atoms. The van der Waals surface area contributed by atoms with E-state index in [1.807, 2.05) is 0 Å². The Balaban J connectivity index is 1.29. The van der Waals surface area contributed by atoms with Gasteiger partial charge in [-0.25, -0.2) is 0 Å². The number of allylic oxidation sites excluding steroid dienone is 11. The van der Waals surface area contributed by atoms with E-state index in [1.54, 1.807) is 0 Å². The molecular formula is C38H36. The average molecular weight is 493 g/mol. The fourth-order valence-corrected chi connectivity index (χ4v) is 6.34. The molecule has 0 radical (unpaired) electrons. The summed E-state index contributed by atoms with van der Waals surface area (Å²) in [5.74, 6) is 1.18. The van der Waals surface area contributed by atoms with Crippen LogP contribution in [0.1, 0.15) is 71.6 Å². The molecule has 0 saturated carbocycles. The van der Waals surface area contributed by atoms with E-state index in [0.29, 0.717) is 17.8 Å². The summed E-state index contributed by atoms with van der Waals surface area (Å²) in [5.41, 5.74) is 16.4. The Morgan fingerprint density at radius 3 is 2.47 bits per heavy atom. The first-order valence-electron chi connectivity index (χ1n) is 13.9. The number of benzene rings is 3. The maximum atomic E-state index is 4.21. The lowest BCUT2D eigenvalue weighted by Crippen LogP contribution is -2.08. The van der Waals surface area contributed by atoms with E-state index in [0.717, 1.165) is 6.42 Å². The monoisotopic (exact) mass is 492 g/mol. The topological polar surface area (TPSA) is 0 Å². The van der Waals surface area contributed by atoms with Gasteiger partial charge in [-0.2, -0.15) is 0 Å². The molecule has 3 atom stereocenters. The first-order valence-corrected chi connectivity index (χ1v) is 13.9. The zero-order chi connectivity index (χ0) is 26.4. The van der Waals surface area contributed by atoms with Crippen molar-refractivity contribution in [2.45, 2.75) is 46.0 Å². The Morgan fingerprint density at radius 1 is 0.895 bits per heavy atom. The van der Waals surface area contributed by atoms with Crippen molar-refractivity contribution in [1.29, 1.82) is 0 Å². The van der Waals surface area contributed by atoms with E-state index >= 15 is 0 Å². The van der Waals surface area contributed by atoms with E-state index in [4.69, 9.17) is 0 Å². The highest BCUT2D eigenvalue weighted by molar-refractivity contribution is 6.11. The minimum Gasteiger partial charge on any atom is -0.0984 e. The van der Waals surface area contributed by atoms with Crippen LogP contribution in [0.15, 0.2) is 121 Å². The largest absolute Gasteiger partial charge is 0.0984 e. The predicted octanol–water partition coefficient (Wildman–Crippen LogP) is 10.0. The van der Waals surface area contributed by atoms with Crippen molar-refractivity contribution >= 4 is 16.7 Å². The van der Waals surface area contributed by atoms with E-state index in [-0.39, 0.29) is 0 Å². The van der Waals surface area contributed by atoms with Gasteiger partial charge >= 0.3 is 0 Å². The molecule has 38 heavy (non-hydrogen) atoms. The highest BCUT2D eigenvalue weighted by Crippen LogP contribution is 2.50. The highest BCUT2D eigenvalue weighted by Gasteiger charge is 2.33. The lowest BCUT2D eigenvalue weighted by molar-refractivity contribution is 0.666. The molecule has 0 aromatic heterocycles. The number of fused-ring (bicyclic) bond motifs is 4. The van der Waals surface area contributed by atoms with Gasteiger partial charge in [-0.1, -0.05) is 135 Å². The molecule has 0 nitrogen and oxygen atoms in total. The van der Waals surface area contributed by atoms with Crippen molar-refractivity contribution in [2.24, 2.45) is 5.92 Å². The molecule has 0 aliphatic heterocycles. The Hall–Kier alpha value is -3.90. The van der Waals surface area contributed by atoms with E-state index in [9.17, 15) is 0 Å². The van der Waals surface area contributed by atoms with Gasteiger partial charge in [0.15, 0.2) is 0 Å². The molecule has 0 N–H and O–H groups in total. The van der Waals surface area contributed by atoms with Crippen molar-refractivity contribution in [2.75, 3.05) is 0 Å². The van der Waals surface area contributed by atoms with Crippen LogP contribution >= 0.6 is 0 Å². The SMILES string of the molecule is C=CC1=C(/C=C\Cc2ccc3c(c2)C2=C3C=C(C)C(C)C=C2)[C@H](C(C)c2ccc(C)cc2)c2ccccc21. The zero-order valence-corrected chi connectivity index (χ0v) is 23.0. The van der Waals surface area contributed by atoms with Crippen molar-refractivity contribution in [1.82, 2.24) is 0 Å².